The van der Waals surface area contributed by atoms with Gasteiger partial charge in [0.05, 0.1) is 5.69 Å². The van der Waals surface area contributed by atoms with Gasteiger partial charge in [-0.3, -0.25) is 4.79 Å². The Labute approximate surface area is 122 Å². The lowest BCUT2D eigenvalue weighted by Gasteiger charge is -2.03. The first-order valence-corrected chi connectivity index (χ1v) is 7.41. The maximum Gasteiger partial charge on any atom is 0.263 e. The molecule has 3 N–H and O–H groups in total. The first-order valence-electron chi connectivity index (χ1n) is 6.60. The molecule has 2 rings (SSSR count). The number of amides is 1. The van der Waals surface area contributed by atoms with Crippen LogP contribution in [0.15, 0.2) is 24.8 Å². The molecule has 0 aromatic carbocycles. The summed E-state index contributed by atoms with van der Waals surface area (Å²) < 4.78 is 0. The number of nitrogens with one attached hydrogen (secondary N) is 1. The number of carbonyl (C=O) groups is 1. The molecule has 1 amide bonds. The summed E-state index contributed by atoms with van der Waals surface area (Å²) >= 11 is 1.34. The average molecular weight is 289 g/mol. The molecular formula is C15H19N3OS. The van der Waals surface area contributed by atoms with Crippen molar-refractivity contribution in [1.29, 1.82) is 0 Å². The molecule has 0 aliphatic heterocycles. The molecule has 2 aromatic heterocycles. The van der Waals surface area contributed by atoms with Gasteiger partial charge < -0.3 is 11.1 Å². The molecule has 4 nitrogen and oxygen atoms in total. The second-order valence-corrected chi connectivity index (χ2v) is 6.10. The molecule has 106 valence electrons. The highest BCUT2D eigenvalue weighted by Gasteiger charge is 2.17. The van der Waals surface area contributed by atoms with Gasteiger partial charge in [-0.2, -0.15) is 0 Å². The van der Waals surface area contributed by atoms with Gasteiger partial charge in [-0.15, -0.1) is 17.9 Å². The molecule has 0 saturated carbocycles. The SMILES string of the molecule is C=CCNC(=O)c1sc2nc(CC(C)C)ccc2c1N. The number of fused-ring (bicyclic) bond motifs is 1. The summed E-state index contributed by atoms with van der Waals surface area (Å²) in [6.45, 7) is 8.32. The lowest BCUT2D eigenvalue weighted by molar-refractivity contribution is 0.0963. The molecule has 0 spiro atoms. The van der Waals surface area contributed by atoms with Crippen LogP contribution in [0.3, 0.4) is 0 Å². The minimum Gasteiger partial charge on any atom is -0.397 e. The highest BCUT2D eigenvalue weighted by atomic mass is 32.1. The number of hydrogen-bond donors (Lipinski definition) is 2. The number of thiophene rings is 1. The van der Waals surface area contributed by atoms with Gasteiger partial charge in [-0.25, -0.2) is 4.98 Å². The molecule has 0 fully saturated rings. The molecule has 0 aliphatic carbocycles. The van der Waals surface area contributed by atoms with E-state index >= 15 is 0 Å². The van der Waals surface area contributed by atoms with E-state index in [9.17, 15) is 4.79 Å². The van der Waals surface area contributed by atoms with E-state index in [4.69, 9.17) is 5.73 Å². The molecular weight excluding hydrogens is 270 g/mol. The van der Waals surface area contributed by atoms with Crippen LogP contribution < -0.4 is 11.1 Å². The van der Waals surface area contributed by atoms with Crippen molar-refractivity contribution in [2.75, 3.05) is 12.3 Å². The standard InChI is InChI=1S/C15H19N3OS/c1-4-7-17-14(19)13-12(16)11-6-5-10(8-9(2)3)18-15(11)20-13/h4-6,9H,1,7-8,16H2,2-3H3,(H,17,19). The van der Waals surface area contributed by atoms with Gasteiger partial charge in [0.25, 0.3) is 5.91 Å². The molecule has 2 heterocycles. The Morgan fingerprint density at radius 1 is 1.55 bits per heavy atom. The van der Waals surface area contributed by atoms with Gasteiger partial charge in [0.2, 0.25) is 0 Å². The van der Waals surface area contributed by atoms with Crippen LogP contribution >= 0.6 is 11.3 Å². The predicted molar refractivity (Wildman–Crippen MR) is 85.1 cm³/mol. The molecule has 0 aliphatic rings. The number of anilines is 1. The number of nitrogen functional groups attached to an aromatic ring is 1. The third kappa shape index (κ3) is 2.99. The van der Waals surface area contributed by atoms with Gasteiger partial charge in [0, 0.05) is 17.6 Å². The Hall–Kier alpha value is -1.88. The normalized spacial score (nSPS) is 10.9. The van der Waals surface area contributed by atoms with Crippen molar-refractivity contribution in [3.8, 4) is 0 Å². The minimum atomic E-state index is -0.171. The zero-order chi connectivity index (χ0) is 14.7. The fourth-order valence-electron chi connectivity index (χ4n) is 1.98. The van der Waals surface area contributed by atoms with Crippen LogP contribution in [-0.2, 0) is 6.42 Å². The van der Waals surface area contributed by atoms with E-state index in [2.05, 4.69) is 30.7 Å². The van der Waals surface area contributed by atoms with Crippen LogP contribution in [-0.4, -0.2) is 17.4 Å². The van der Waals surface area contributed by atoms with E-state index in [1.165, 1.54) is 11.3 Å². The summed E-state index contributed by atoms with van der Waals surface area (Å²) in [5.74, 6) is 0.378. The number of carbonyl (C=O) groups excluding carboxylic acids is 1. The van der Waals surface area contributed by atoms with E-state index in [0.29, 0.717) is 23.0 Å². The monoisotopic (exact) mass is 289 g/mol. The fraction of sp³-hybridized carbons (Fsp3) is 0.333. The van der Waals surface area contributed by atoms with E-state index in [-0.39, 0.29) is 5.91 Å². The summed E-state index contributed by atoms with van der Waals surface area (Å²) in [5.41, 5.74) is 7.59. The van der Waals surface area contributed by atoms with E-state index in [1.807, 2.05) is 12.1 Å². The van der Waals surface area contributed by atoms with E-state index in [1.54, 1.807) is 6.08 Å². The summed E-state index contributed by atoms with van der Waals surface area (Å²) in [4.78, 5) is 17.9. The largest absolute Gasteiger partial charge is 0.397 e. The first-order chi connectivity index (χ1) is 9.52. The van der Waals surface area contributed by atoms with Crippen molar-refractivity contribution in [3.05, 3.63) is 35.4 Å². The van der Waals surface area contributed by atoms with Gasteiger partial charge in [0.15, 0.2) is 0 Å². The molecule has 0 saturated heterocycles. The summed E-state index contributed by atoms with van der Waals surface area (Å²) in [5, 5.41) is 3.60. The maximum absolute atomic E-state index is 12.0. The first kappa shape index (κ1) is 14.5. The highest BCUT2D eigenvalue weighted by molar-refractivity contribution is 7.21. The summed E-state index contributed by atoms with van der Waals surface area (Å²) in [6.07, 6.45) is 2.56. The number of hydrogen-bond acceptors (Lipinski definition) is 4. The van der Waals surface area contributed by atoms with Crippen LogP contribution in [0.5, 0.6) is 0 Å². The third-order valence-corrected chi connectivity index (χ3v) is 4.00. The maximum atomic E-state index is 12.0. The molecule has 0 atom stereocenters. The number of rotatable bonds is 5. The summed E-state index contributed by atoms with van der Waals surface area (Å²) in [6, 6.07) is 3.94. The second-order valence-electron chi connectivity index (χ2n) is 5.10. The second kappa shape index (κ2) is 6.05. The van der Waals surface area contributed by atoms with Crippen molar-refractivity contribution in [2.24, 2.45) is 5.92 Å². The topological polar surface area (TPSA) is 68.0 Å². The van der Waals surface area contributed by atoms with Gasteiger partial charge in [-0.05, 0) is 24.5 Å². The molecule has 0 bridgehead atoms. The van der Waals surface area contributed by atoms with Crippen molar-refractivity contribution in [1.82, 2.24) is 10.3 Å². The summed E-state index contributed by atoms with van der Waals surface area (Å²) in [7, 11) is 0. The molecule has 20 heavy (non-hydrogen) atoms. The third-order valence-electron chi connectivity index (χ3n) is 2.88. The van der Waals surface area contributed by atoms with Crippen LogP contribution in [0.25, 0.3) is 10.2 Å². The molecule has 2 aromatic rings. The van der Waals surface area contributed by atoms with E-state index < -0.39 is 0 Å². The molecule has 0 radical (unpaired) electrons. The quantitative estimate of drug-likeness (QED) is 0.831. The lowest BCUT2D eigenvalue weighted by Crippen LogP contribution is -2.22. The number of aromatic nitrogens is 1. The smallest absolute Gasteiger partial charge is 0.263 e. The fourth-order valence-corrected chi connectivity index (χ4v) is 3.01. The van der Waals surface area contributed by atoms with Crippen LogP contribution in [0.4, 0.5) is 5.69 Å². The Kier molecular flexibility index (Phi) is 4.39. The van der Waals surface area contributed by atoms with Crippen molar-refractivity contribution in [3.63, 3.8) is 0 Å². The van der Waals surface area contributed by atoms with Crippen molar-refractivity contribution < 1.29 is 4.79 Å². The average Bonchev–Trinajstić information content (AvgIpc) is 2.72. The number of nitrogens with zero attached hydrogens (tertiary/aromatic N) is 1. The van der Waals surface area contributed by atoms with Gasteiger partial charge >= 0.3 is 0 Å². The van der Waals surface area contributed by atoms with Crippen LogP contribution in [0.1, 0.15) is 29.2 Å². The van der Waals surface area contributed by atoms with Crippen molar-refractivity contribution >= 4 is 33.1 Å². The number of pyridine rings is 1. The van der Waals surface area contributed by atoms with Gasteiger partial charge in [0.1, 0.15) is 9.71 Å². The Morgan fingerprint density at radius 2 is 2.30 bits per heavy atom. The van der Waals surface area contributed by atoms with Crippen LogP contribution in [0.2, 0.25) is 0 Å². The Balaban J connectivity index is 2.36. The predicted octanol–water partition coefficient (Wildman–Crippen LogP) is 2.99. The van der Waals surface area contributed by atoms with Crippen LogP contribution in [0, 0.1) is 5.92 Å². The number of nitrogens with two attached hydrogens (primary N) is 1. The Bertz CT molecular complexity index is 646. The lowest BCUT2D eigenvalue weighted by atomic mass is 10.1. The molecule has 5 heteroatoms. The molecule has 0 unspecified atom stereocenters. The zero-order valence-electron chi connectivity index (χ0n) is 11.8. The van der Waals surface area contributed by atoms with E-state index in [0.717, 1.165) is 22.3 Å². The zero-order valence-corrected chi connectivity index (χ0v) is 12.6. The Morgan fingerprint density at radius 3 is 2.95 bits per heavy atom. The highest BCUT2D eigenvalue weighted by Crippen LogP contribution is 2.32. The van der Waals surface area contributed by atoms with Crippen molar-refractivity contribution in [2.45, 2.75) is 20.3 Å². The minimum absolute atomic E-state index is 0.171. The van der Waals surface area contributed by atoms with Gasteiger partial charge in [-0.1, -0.05) is 19.9 Å².